The Labute approximate surface area is 228 Å². The highest BCUT2D eigenvalue weighted by Crippen LogP contribution is 2.34. The molecule has 0 aliphatic rings. The van der Waals surface area contributed by atoms with Crippen LogP contribution in [0.2, 0.25) is 0 Å². The molecule has 0 amide bonds. The molecule has 2 atom stereocenters. The van der Waals surface area contributed by atoms with Crippen LogP contribution in [0.4, 0.5) is 0 Å². The summed E-state index contributed by atoms with van der Waals surface area (Å²) in [5.74, 6) is -0.936. The fourth-order valence-electron chi connectivity index (χ4n) is 4.42. The van der Waals surface area contributed by atoms with Gasteiger partial charge in [0, 0.05) is 21.9 Å². The van der Waals surface area contributed by atoms with Crippen molar-refractivity contribution in [2.24, 2.45) is 0 Å². The largest absolute Gasteiger partial charge is 0.478 e. The van der Waals surface area contributed by atoms with Gasteiger partial charge in [-0.25, -0.2) is 4.79 Å². The van der Waals surface area contributed by atoms with E-state index in [0.717, 1.165) is 21.8 Å². The van der Waals surface area contributed by atoms with Crippen LogP contribution in [0.5, 0.6) is 0 Å². The molecule has 0 bridgehead atoms. The smallest absolute Gasteiger partial charge is 0.335 e. The van der Waals surface area contributed by atoms with E-state index in [-0.39, 0.29) is 23.8 Å². The first kappa shape index (κ1) is 27.9. The number of carboxylic acids is 1. The number of hydrogen-bond acceptors (Lipinski definition) is 5. The van der Waals surface area contributed by atoms with Gasteiger partial charge in [0.2, 0.25) is 0 Å². The second-order valence-electron chi connectivity index (χ2n) is 10.2. The molecule has 5 nitrogen and oxygen atoms in total. The number of carboxylic acid groups (broad SMARTS) is 1. The SMILES string of the molecule is CC(OC[C@H](O)CNC(C)(C)Cc1ccc2ccccc2c1)c1ccccc1Sc1ccc(C(=O)O)cc1. The number of fused-ring (bicyclic) bond motifs is 1. The predicted molar refractivity (Wildman–Crippen MR) is 154 cm³/mol. The van der Waals surface area contributed by atoms with Gasteiger partial charge in [-0.2, -0.15) is 0 Å². The Kier molecular flexibility index (Phi) is 9.23. The fraction of sp³-hybridized carbons (Fsp3) is 0.281. The minimum Gasteiger partial charge on any atom is -0.478 e. The van der Waals surface area contributed by atoms with Crippen molar-refractivity contribution < 1.29 is 19.7 Å². The first-order valence-electron chi connectivity index (χ1n) is 12.8. The molecule has 38 heavy (non-hydrogen) atoms. The van der Waals surface area contributed by atoms with Crippen molar-refractivity contribution in [1.29, 1.82) is 0 Å². The van der Waals surface area contributed by atoms with Gasteiger partial charge in [-0.05, 0) is 79.4 Å². The second kappa shape index (κ2) is 12.6. The maximum absolute atomic E-state index is 11.1. The highest BCUT2D eigenvalue weighted by atomic mass is 32.2. The van der Waals surface area contributed by atoms with Gasteiger partial charge in [-0.3, -0.25) is 0 Å². The van der Waals surface area contributed by atoms with E-state index in [9.17, 15) is 9.90 Å². The van der Waals surface area contributed by atoms with Crippen molar-refractivity contribution in [3.05, 3.63) is 108 Å². The summed E-state index contributed by atoms with van der Waals surface area (Å²) in [7, 11) is 0. The monoisotopic (exact) mass is 529 g/mol. The van der Waals surface area contributed by atoms with E-state index in [1.54, 1.807) is 23.9 Å². The molecule has 0 heterocycles. The molecule has 0 aromatic heterocycles. The van der Waals surface area contributed by atoms with Crippen LogP contribution in [-0.2, 0) is 11.2 Å². The molecular formula is C32H35NO4S. The molecule has 3 N–H and O–H groups in total. The van der Waals surface area contributed by atoms with E-state index < -0.39 is 12.1 Å². The van der Waals surface area contributed by atoms with E-state index in [1.807, 2.05) is 43.3 Å². The van der Waals surface area contributed by atoms with Gasteiger partial charge in [0.1, 0.15) is 0 Å². The maximum atomic E-state index is 11.1. The quantitative estimate of drug-likeness (QED) is 0.189. The van der Waals surface area contributed by atoms with Crippen molar-refractivity contribution in [1.82, 2.24) is 5.32 Å². The van der Waals surface area contributed by atoms with E-state index in [0.29, 0.717) is 6.54 Å². The molecular weight excluding hydrogens is 494 g/mol. The maximum Gasteiger partial charge on any atom is 0.335 e. The molecule has 4 aromatic carbocycles. The van der Waals surface area contributed by atoms with E-state index in [4.69, 9.17) is 9.84 Å². The number of aliphatic hydroxyl groups excluding tert-OH is 1. The third-order valence-corrected chi connectivity index (χ3v) is 7.60. The van der Waals surface area contributed by atoms with Crippen molar-refractivity contribution in [3.8, 4) is 0 Å². The van der Waals surface area contributed by atoms with Crippen molar-refractivity contribution in [2.75, 3.05) is 13.2 Å². The van der Waals surface area contributed by atoms with Crippen LogP contribution < -0.4 is 5.32 Å². The summed E-state index contributed by atoms with van der Waals surface area (Å²) in [6, 6.07) is 29.8. The number of aromatic carboxylic acids is 1. The van der Waals surface area contributed by atoms with Crippen LogP contribution in [0, 0.1) is 0 Å². The van der Waals surface area contributed by atoms with Gasteiger partial charge < -0.3 is 20.3 Å². The van der Waals surface area contributed by atoms with E-state index in [2.05, 4.69) is 61.6 Å². The van der Waals surface area contributed by atoms with E-state index in [1.165, 1.54) is 16.3 Å². The number of β-amino-alcohol motifs (C(OH)–C–C–N with tert-alkyl or cyclic N) is 1. The normalized spacial score (nSPS) is 13.4. The molecule has 0 aliphatic carbocycles. The summed E-state index contributed by atoms with van der Waals surface area (Å²) in [6.45, 7) is 6.92. The molecule has 0 radical (unpaired) electrons. The molecule has 0 saturated heterocycles. The van der Waals surface area contributed by atoms with Crippen LogP contribution in [0.15, 0.2) is 101 Å². The lowest BCUT2D eigenvalue weighted by molar-refractivity contribution is -0.00511. The van der Waals surface area contributed by atoms with Gasteiger partial charge in [0.05, 0.1) is 24.4 Å². The Morgan fingerprint density at radius 3 is 2.37 bits per heavy atom. The van der Waals surface area contributed by atoms with Gasteiger partial charge in [0.15, 0.2) is 0 Å². The Balaban J connectivity index is 1.29. The second-order valence-corrected chi connectivity index (χ2v) is 11.3. The number of rotatable bonds is 12. The van der Waals surface area contributed by atoms with Crippen LogP contribution >= 0.6 is 11.8 Å². The van der Waals surface area contributed by atoms with Crippen LogP contribution in [0.25, 0.3) is 10.8 Å². The summed E-state index contributed by atoms with van der Waals surface area (Å²) in [4.78, 5) is 13.1. The summed E-state index contributed by atoms with van der Waals surface area (Å²) < 4.78 is 6.07. The third-order valence-electron chi connectivity index (χ3n) is 6.50. The lowest BCUT2D eigenvalue weighted by Crippen LogP contribution is -2.46. The molecule has 0 saturated carbocycles. The summed E-state index contributed by atoms with van der Waals surface area (Å²) in [6.07, 6.45) is -0.00573. The molecule has 0 fully saturated rings. The van der Waals surface area contributed by atoms with Gasteiger partial charge in [0.25, 0.3) is 0 Å². The fourth-order valence-corrected chi connectivity index (χ4v) is 5.45. The third kappa shape index (κ3) is 7.68. The zero-order valence-electron chi connectivity index (χ0n) is 22.1. The molecule has 198 valence electrons. The predicted octanol–water partition coefficient (Wildman–Crippen LogP) is 6.74. The molecule has 4 aromatic rings. The summed E-state index contributed by atoms with van der Waals surface area (Å²) in [5.41, 5.74) is 2.36. The Bertz CT molecular complexity index is 1370. The number of nitrogens with one attached hydrogen (secondary N) is 1. The Hall–Kier alpha value is -3.16. The minimum atomic E-state index is -0.936. The van der Waals surface area contributed by atoms with Crippen LogP contribution in [0.1, 0.15) is 48.4 Å². The molecule has 0 aliphatic heterocycles. The summed E-state index contributed by atoms with van der Waals surface area (Å²) in [5, 5.41) is 25.7. The lowest BCUT2D eigenvalue weighted by Gasteiger charge is -2.28. The standard InChI is InChI=1S/C32H35NO4S/c1-22(29-10-6-7-11-30(29)38-28-16-14-25(15-17-28)31(35)36)37-21-27(34)20-33-32(2,3)19-23-12-13-24-8-4-5-9-26(24)18-23/h4-18,22,27,33-34H,19-21H2,1-3H3,(H,35,36)/t22?,27-/m1/s1. The van der Waals surface area contributed by atoms with Gasteiger partial charge in [-0.15, -0.1) is 0 Å². The van der Waals surface area contributed by atoms with Crippen LogP contribution in [-0.4, -0.2) is 41.0 Å². The topological polar surface area (TPSA) is 78.8 Å². The average Bonchev–Trinajstić information content (AvgIpc) is 2.91. The van der Waals surface area contributed by atoms with Crippen molar-refractivity contribution >= 4 is 28.5 Å². The highest BCUT2D eigenvalue weighted by molar-refractivity contribution is 7.99. The minimum absolute atomic E-state index is 0.186. The van der Waals surface area contributed by atoms with Gasteiger partial charge >= 0.3 is 5.97 Å². The first-order chi connectivity index (χ1) is 18.2. The summed E-state index contributed by atoms with van der Waals surface area (Å²) >= 11 is 1.56. The highest BCUT2D eigenvalue weighted by Gasteiger charge is 2.20. The Morgan fingerprint density at radius 2 is 1.63 bits per heavy atom. The lowest BCUT2D eigenvalue weighted by atomic mass is 9.93. The number of aliphatic hydroxyl groups is 1. The number of benzene rings is 4. The molecule has 4 rings (SSSR count). The number of carbonyl (C=O) groups is 1. The van der Waals surface area contributed by atoms with Crippen molar-refractivity contribution in [2.45, 2.75) is 54.7 Å². The number of hydrogen-bond donors (Lipinski definition) is 3. The molecule has 6 heteroatoms. The zero-order chi connectivity index (χ0) is 27.1. The zero-order valence-corrected chi connectivity index (χ0v) is 22.9. The van der Waals surface area contributed by atoms with Crippen molar-refractivity contribution in [3.63, 3.8) is 0 Å². The Morgan fingerprint density at radius 1 is 0.947 bits per heavy atom. The molecule has 1 unspecified atom stereocenters. The first-order valence-corrected chi connectivity index (χ1v) is 13.6. The average molecular weight is 530 g/mol. The van der Waals surface area contributed by atoms with Gasteiger partial charge in [-0.1, -0.05) is 72.4 Å². The molecule has 0 spiro atoms. The number of ether oxygens (including phenoxy) is 1. The van der Waals surface area contributed by atoms with E-state index >= 15 is 0 Å². The van der Waals surface area contributed by atoms with Crippen LogP contribution in [0.3, 0.4) is 0 Å².